The third kappa shape index (κ3) is 3.59. The number of benzene rings is 1. The Hall–Kier alpha value is -2.61. The highest BCUT2D eigenvalue weighted by atomic mass is 32.1. The van der Waals surface area contributed by atoms with Crippen molar-refractivity contribution in [2.45, 2.75) is 6.36 Å². The highest BCUT2D eigenvalue weighted by Gasteiger charge is 2.32. The number of hydrogen-bond donors (Lipinski definition) is 0. The Morgan fingerprint density at radius 1 is 1.17 bits per heavy atom. The minimum absolute atomic E-state index is 0.0768. The molecule has 0 unspecified atom stereocenters. The summed E-state index contributed by atoms with van der Waals surface area (Å²) in [6.45, 7) is 0. The van der Waals surface area contributed by atoms with Gasteiger partial charge in [-0.2, -0.15) is 0 Å². The van der Waals surface area contributed by atoms with Crippen LogP contribution in [-0.4, -0.2) is 18.2 Å². The molecule has 0 fully saturated rings. The summed E-state index contributed by atoms with van der Waals surface area (Å²) in [5, 5.41) is 1.79. The van der Waals surface area contributed by atoms with Crippen LogP contribution in [0.25, 0.3) is 6.08 Å². The van der Waals surface area contributed by atoms with Crippen LogP contribution < -0.4 is 4.74 Å². The van der Waals surface area contributed by atoms with Gasteiger partial charge in [0.1, 0.15) is 5.75 Å². The number of nitrogens with zero attached hydrogens (tertiary/aromatic N) is 1. The molecule has 1 aromatic carbocycles. The van der Waals surface area contributed by atoms with Gasteiger partial charge in [0.2, 0.25) is 5.90 Å². The number of esters is 1. The lowest BCUT2D eigenvalue weighted by Crippen LogP contribution is -2.17. The van der Waals surface area contributed by atoms with Crippen molar-refractivity contribution in [1.29, 1.82) is 0 Å². The average Bonchev–Trinajstić information content (AvgIpc) is 3.10. The normalized spacial score (nSPS) is 16.4. The summed E-state index contributed by atoms with van der Waals surface area (Å²) >= 11 is 1.33. The van der Waals surface area contributed by atoms with E-state index < -0.39 is 18.1 Å². The van der Waals surface area contributed by atoms with Crippen LogP contribution in [-0.2, 0) is 9.53 Å². The summed E-state index contributed by atoms with van der Waals surface area (Å²) in [5.74, 6) is -1.01. The van der Waals surface area contributed by atoms with Crippen LogP contribution in [0.1, 0.15) is 10.4 Å². The molecule has 1 aromatic heterocycles. The van der Waals surface area contributed by atoms with Gasteiger partial charge in [-0.3, -0.25) is 0 Å². The topological polar surface area (TPSA) is 47.9 Å². The molecule has 3 rings (SSSR count). The number of para-hydroxylation sites is 1. The van der Waals surface area contributed by atoms with E-state index in [1.807, 2.05) is 0 Å². The van der Waals surface area contributed by atoms with Crippen molar-refractivity contribution in [3.05, 3.63) is 57.9 Å². The summed E-state index contributed by atoms with van der Waals surface area (Å²) in [6.07, 6.45) is -3.62. The number of carbonyl (C=O) groups is 1. The number of carbonyl (C=O) groups excluding carboxylic acids is 1. The number of hydrogen-bond acceptors (Lipinski definition) is 5. The first-order valence-corrected chi connectivity index (χ1v) is 7.21. The summed E-state index contributed by atoms with van der Waals surface area (Å²) < 4.78 is 46.2. The molecule has 0 atom stereocenters. The second-order valence-electron chi connectivity index (χ2n) is 4.40. The number of aliphatic imine (C=N–C) groups is 1. The van der Waals surface area contributed by atoms with Crippen molar-refractivity contribution in [2.75, 3.05) is 0 Å². The minimum Gasteiger partial charge on any atom is -0.405 e. The van der Waals surface area contributed by atoms with Crippen LogP contribution in [0.2, 0.25) is 0 Å². The maximum atomic E-state index is 12.4. The second-order valence-corrected chi connectivity index (χ2v) is 5.35. The Morgan fingerprint density at radius 2 is 1.96 bits per heavy atom. The smallest absolute Gasteiger partial charge is 0.405 e. The maximum Gasteiger partial charge on any atom is 0.573 e. The Balaban J connectivity index is 1.94. The zero-order valence-electron chi connectivity index (χ0n) is 11.3. The second kappa shape index (κ2) is 5.88. The third-order valence-electron chi connectivity index (χ3n) is 2.79. The van der Waals surface area contributed by atoms with Gasteiger partial charge in [0.25, 0.3) is 0 Å². The van der Waals surface area contributed by atoms with Gasteiger partial charge < -0.3 is 9.47 Å². The van der Waals surface area contributed by atoms with Crippen molar-refractivity contribution in [1.82, 2.24) is 0 Å². The van der Waals surface area contributed by atoms with Crippen molar-refractivity contribution < 1.29 is 27.4 Å². The summed E-state index contributed by atoms with van der Waals surface area (Å²) in [5.41, 5.74) is -0.0143. The van der Waals surface area contributed by atoms with E-state index in [2.05, 4.69) is 9.73 Å². The number of halogens is 3. The molecule has 1 aliphatic rings. The van der Waals surface area contributed by atoms with E-state index >= 15 is 0 Å². The number of thiophene rings is 1. The lowest BCUT2D eigenvalue weighted by atomic mass is 10.1. The monoisotopic (exact) mass is 339 g/mol. The van der Waals surface area contributed by atoms with Crippen LogP contribution in [0.15, 0.2) is 52.5 Å². The molecular weight excluding hydrogens is 331 g/mol. The molecule has 0 saturated carbocycles. The predicted octanol–water partition coefficient (Wildman–Crippen LogP) is 3.99. The Bertz CT molecular complexity index is 795. The van der Waals surface area contributed by atoms with Crippen LogP contribution in [0.3, 0.4) is 0 Å². The largest absolute Gasteiger partial charge is 0.573 e. The fraction of sp³-hybridized carbons (Fsp3) is 0.0667. The van der Waals surface area contributed by atoms with Gasteiger partial charge in [-0.1, -0.05) is 24.3 Å². The van der Waals surface area contributed by atoms with Crippen molar-refractivity contribution >= 4 is 29.3 Å². The van der Waals surface area contributed by atoms with Crippen LogP contribution in [0.4, 0.5) is 13.2 Å². The summed E-state index contributed by atoms with van der Waals surface area (Å²) in [4.78, 5) is 16.5. The summed E-state index contributed by atoms with van der Waals surface area (Å²) in [7, 11) is 0. The fourth-order valence-electron chi connectivity index (χ4n) is 1.88. The zero-order chi connectivity index (χ0) is 16.4. The van der Waals surface area contributed by atoms with Crippen molar-refractivity contribution in [3.8, 4) is 5.75 Å². The number of ether oxygens (including phenoxy) is 2. The molecule has 1 aliphatic heterocycles. The van der Waals surface area contributed by atoms with E-state index in [1.165, 1.54) is 35.6 Å². The van der Waals surface area contributed by atoms with Crippen molar-refractivity contribution in [2.24, 2.45) is 4.99 Å². The van der Waals surface area contributed by atoms with Gasteiger partial charge in [-0.25, -0.2) is 9.79 Å². The lowest BCUT2D eigenvalue weighted by molar-refractivity contribution is -0.274. The molecule has 0 spiro atoms. The van der Waals surface area contributed by atoms with Gasteiger partial charge in [-0.05, 0) is 23.6 Å². The molecule has 0 saturated heterocycles. The zero-order valence-corrected chi connectivity index (χ0v) is 12.1. The predicted molar refractivity (Wildman–Crippen MR) is 78.1 cm³/mol. The molecule has 0 bridgehead atoms. The van der Waals surface area contributed by atoms with E-state index in [0.29, 0.717) is 4.88 Å². The van der Waals surface area contributed by atoms with Crippen LogP contribution in [0, 0.1) is 0 Å². The number of rotatable bonds is 3. The first-order chi connectivity index (χ1) is 10.9. The number of alkyl halides is 3. The Morgan fingerprint density at radius 3 is 2.65 bits per heavy atom. The van der Waals surface area contributed by atoms with Gasteiger partial charge in [0, 0.05) is 5.56 Å². The molecule has 118 valence electrons. The minimum atomic E-state index is -4.82. The van der Waals surface area contributed by atoms with Gasteiger partial charge in [0.05, 0.1) is 4.88 Å². The van der Waals surface area contributed by atoms with Crippen LogP contribution in [0.5, 0.6) is 5.75 Å². The van der Waals surface area contributed by atoms with E-state index in [4.69, 9.17) is 4.74 Å². The Labute approximate surface area is 132 Å². The highest BCUT2D eigenvalue weighted by molar-refractivity contribution is 7.12. The molecule has 0 N–H and O–H groups in total. The molecule has 4 nitrogen and oxygen atoms in total. The molecule has 2 aromatic rings. The van der Waals surface area contributed by atoms with Crippen LogP contribution >= 0.6 is 11.3 Å². The lowest BCUT2D eigenvalue weighted by Gasteiger charge is -2.10. The third-order valence-corrected chi connectivity index (χ3v) is 3.65. The van der Waals surface area contributed by atoms with Gasteiger partial charge >= 0.3 is 12.3 Å². The summed E-state index contributed by atoms with van der Waals surface area (Å²) in [6, 6.07) is 8.96. The molecule has 2 heterocycles. The van der Waals surface area contributed by atoms with Gasteiger partial charge in [0.15, 0.2) is 5.70 Å². The molecular formula is C15H8F3NO3S. The molecule has 0 radical (unpaired) electrons. The Kier molecular flexibility index (Phi) is 3.91. The molecule has 23 heavy (non-hydrogen) atoms. The fourth-order valence-corrected chi connectivity index (χ4v) is 2.53. The van der Waals surface area contributed by atoms with E-state index in [0.717, 1.165) is 6.07 Å². The standard InChI is InChI=1S/C15H8F3NO3S/c16-15(17,18)22-11-5-2-1-4-9(11)8-10-14(20)21-13(19-10)12-6-3-7-23-12/h1-8H/b10-8-. The van der Waals surface area contributed by atoms with Gasteiger partial charge in [-0.15, -0.1) is 24.5 Å². The van der Waals surface area contributed by atoms with Crippen molar-refractivity contribution in [3.63, 3.8) is 0 Å². The van der Waals surface area contributed by atoms with E-state index in [1.54, 1.807) is 17.5 Å². The van der Waals surface area contributed by atoms with E-state index in [9.17, 15) is 18.0 Å². The quantitative estimate of drug-likeness (QED) is 0.627. The first kappa shape index (κ1) is 15.3. The average molecular weight is 339 g/mol. The maximum absolute atomic E-state index is 12.4. The highest BCUT2D eigenvalue weighted by Crippen LogP contribution is 2.29. The SMILES string of the molecule is O=C1OC(c2cccs2)=N/C1=C\c1ccccc1OC(F)(F)F. The number of cyclic esters (lactones) is 1. The molecule has 0 amide bonds. The molecule has 8 heteroatoms. The van der Waals surface area contributed by atoms with E-state index in [-0.39, 0.29) is 17.2 Å². The molecule has 0 aliphatic carbocycles. The first-order valence-electron chi connectivity index (χ1n) is 6.33.